The van der Waals surface area contributed by atoms with Crippen molar-refractivity contribution in [3.8, 4) is 5.75 Å². The fraction of sp³-hybridized carbons (Fsp3) is 0.524. The zero-order chi connectivity index (χ0) is 18.1. The van der Waals surface area contributed by atoms with Crippen LogP contribution in [-0.4, -0.2) is 10.3 Å². The topological polar surface area (TPSA) is 56.5 Å². The minimum absolute atomic E-state index is 0.114. The lowest BCUT2D eigenvalue weighted by Gasteiger charge is -2.58. The van der Waals surface area contributed by atoms with E-state index < -0.39 is 0 Å². The minimum atomic E-state index is -0.388. The van der Waals surface area contributed by atoms with Crippen LogP contribution in [0.5, 0.6) is 5.75 Å². The monoisotopic (exact) mass is 416 g/mol. The molecule has 0 aliphatic heterocycles. The molecule has 4 saturated carbocycles. The Morgan fingerprint density at radius 2 is 1.92 bits per heavy atom. The van der Waals surface area contributed by atoms with Crippen LogP contribution in [0.2, 0.25) is 0 Å². The van der Waals surface area contributed by atoms with Crippen molar-refractivity contribution in [3.63, 3.8) is 0 Å². The van der Waals surface area contributed by atoms with Gasteiger partial charge in [0.2, 0.25) is 0 Å². The van der Waals surface area contributed by atoms with E-state index in [2.05, 4.69) is 15.9 Å². The predicted octanol–water partition coefficient (Wildman–Crippen LogP) is 4.74. The molecule has 0 radical (unpaired) electrons. The number of aryl methyl sites for hydroxylation is 1. The van der Waals surface area contributed by atoms with Crippen molar-refractivity contribution < 1.29 is 13.9 Å². The van der Waals surface area contributed by atoms with E-state index in [4.69, 9.17) is 9.15 Å². The Bertz CT molecular complexity index is 962. The van der Waals surface area contributed by atoms with Gasteiger partial charge < -0.3 is 9.15 Å². The molecule has 4 bridgehead atoms. The largest absolute Gasteiger partial charge is 0.426 e. The highest BCUT2D eigenvalue weighted by Crippen LogP contribution is 2.64. The maximum absolute atomic E-state index is 13.1. The summed E-state index contributed by atoms with van der Waals surface area (Å²) in [6.45, 7) is 1.87. The first-order valence-corrected chi connectivity index (χ1v) is 10.1. The molecule has 2 aromatic rings. The second kappa shape index (κ2) is 5.44. The van der Waals surface area contributed by atoms with Crippen LogP contribution in [0.15, 0.2) is 33.5 Å². The quantitative estimate of drug-likeness (QED) is 0.307. The highest BCUT2D eigenvalue weighted by molar-refractivity contribution is 9.10. The van der Waals surface area contributed by atoms with E-state index in [0.717, 1.165) is 30.2 Å². The van der Waals surface area contributed by atoms with Gasteiger partial charge >= 0.3 is 11.6 Å². The third kappa shape index (κ3) is 2.55. The molecule has 4 aliphatic rings. The number of hydrogen-bond acceptors (Lipinski definition) is 4. The highest BCUT2D eigenvalue weighted by atomic mass is 79.9. The third-order valence-electron chi connectivity index (χ3n) is 6.56. The number of carbonyl (C=O) groups is 1. The van der Waals surface area contributed by atoms with Crippen LogP contribution in [0.3, 0.4) is 0 Å². The highest BCUT2D eigenvalue weighted by Gasteiger charge is 2.60. The Kier molecular flexibility index (Phi) is 3.46. The lowest BCUT2D eigenvalue weighted by Crippen LogP contribution is -2.56. The molecule has 4 atom stereocenters. The Labute approximate surface area is 160 Å². The smallest absolute Gasteiger partial charge is 0.336 e. The number of halogens is 1. The molecule has 26 heavy (non-hydrogen) atoms. The third-order valence-corrected chi connectivity index (χ3v) is 7.48. The second-order valence-electron chi connectivity index (χ2n) is 8.69. The van der Waals surface area contributed by atoms with Crippen molar-refractivity contribution in [3.05, 3.63) is 40.2 Å². The lowest BCUT2D eigenvalue weighted by molar-refractivity contribution is -0.159. The van der Waals surface area contributed by atoms with Gasteiger partial charge in [-0.3, -0.25) is 4.79 Å². The summed E-state index contributed by atoms with van der Waals surface area (Å²) in [6, 6.07) is 6.77. The van der Waals surface area contributed by atoms with Crippen LogP contribution in [0, 0.1) is 24.2 Å². The van der Waals surface area contributed by atoms with Crippen molar-refractivity contribution in [2.24, 2.45) is 17.3 Å². The first-order valence-electron chi connectivity index (χ1n) is 9.30. The van der Waals surface area contributed by atoms with E-state index in [1.807, 2.05) is 13.0 Å². The molecule has 5 heteroatoms. The van der Waals surface area contributed by atoms with Crippen molar-refractivity contribution in [1.82, 2.24) is 0 Å². The van der Waals surface area contributed by atoms with Gasteiger partial charge in [-0.2, -0.15) is 0 Å². The molecule has 0 N–H and O–H groups in total. The summed E-state index contributed by atoms with van der Waals surface area (Å²) >= 11 is 3.94. The van der Waals surface area contributed by atoms with Gasteiger partial charge in [0, 0.05) is 21.8 Å². The summed E-state index contributed by atoms with van der Waals surface area (Å²) in [5, 5.41) is 0.860. The molecular weight excluding hydrogens is 396 g/mol. The molecular formula is C21H21BrO4. The summed E-state index contributed by atoms with van der Waals surface area (Å²) in [6.07, 6.45) is 6.36. The first-order chi connectivity index (χ1) is 12.3. The van der Waals surface area contributed by atoms with Crippen molar-refractivity contribution >= 4 is 32.9 Å². The fourth-order valence-electron chi connectivity index (χ4n) is 5.97. The fourth-order valence-corrected chi connectivity index (χ4v) is 7.43. The van der Waals surface area contributed by atoms with Gasteiger partial charge in [-0.05, 0) is 75.0 Å². The molecule has 4 fully saturated rings. The van der Waals surface area contributed by atoms with Crippen LogP contribution >= 0.6 is 15.9 Å². The molecule has 6 rings (SSSR count). The maximum Gasteiger partial charge on any atom is 0.336 e. The van der Waals surface area contributed by atoms with Crippen molar-refractivity contribution in [2.45, 2.75) is 49.8 Å². The van der Waals surface area contributed by atoms with Gasteiger partial charge in [-0.25, -0.2) is 4.79 Å². The molecule has 1 heterocycles. The van der Waals surface area contributed by atoms with Gasteiger partial charge in [-0.1, -0.05) is 15.9 Å². The molecule has 4 aliphatic carbocycles. The van der Waals surface area contributed by atoms with Gasteiger partial charge in [0.05, 0.1) is 5.41 Å². The van der Waals surface area contributed by atoms with E-state index >= 15 is 0 Å². The van der Waals surface area contributed by atoms with Crippen LogP contribution in [0.25, 0.3) is 11.0 Å². The van der Waals surface area contributed by atoms with Gasteiger partial charge in [0.15, 0.2) is 0 Å². The molecule has 0 saturated heterocycles. The Morgan fingerprint density at radius 3 is 2.62 bits per heavy atom. The number of ether oxygens (including phenoxy) is 1. The average Bonchev–Trinajstić information content (AvgIpc) is 2.51. The van der Waals surface area contributed by atoms with E-state index in [1.54, 1.807) is 12.1 Å². The molecule has 4 nitrogen and oxygen atoms in total. The average molecular weight is 417 g/mol. The zero-order valence-corrected chi connectivity index (χ0v) is 16.3. The number of carbonyl (C=O) groups excluding carboxylic acids is 1. The molecule has 0 amide bonds. The van der Waals surface area contributed by atoms with Crippen molar-refractivity contribution in [2.75, 3.05) is 0 Å². The van der Waals surface area contributed by atoms with Crippen LogP contribution in [0.1, 0.15) is 44.1 Å². The Hall–Kier alpha value is -1.62. The molecule has 136 valence electrons. The van der Waals surface area contributed by atoms with E-state index in [-0.39, 0.29) is 21.3 Å². The first kappa shape index (κ1) is 16.5. The van der Waals surface area contributed by atoms with E-state index in [0.29, 0.717) is 23.2 Å². The number of alkyl halides is 1. The summed E-state index contributed by atoms with van der Waals surface area (Å²) in [4.78, 5) is 24.8. The van der Waals surface area contributed by atoms with Gasteiger partial charge in [0.25, 0.3) is 0 Å². The normalized spacial score (nSPS) is 35.0. The Balaban J connectivity index is 1.45. The molecule has 2 unspecified atom stereocenters. The summed E-state index contributed by atoms with van der Waals surface area (Å²) < 4.78 is 11.2. The number of fused-ring (bicyclic) bond motifs is 1. The van der Waals surface area contributed by atoms with Gasteiger partial charge in [-0.15, -0.1) is 0 Å². The predicted molar refractivity (Wildman–Crippen MR) is 102 cm³/mol. The number of rotatable bonds is 2. The van der Waals surface area contributed by atoms with Gasteiger partial charge in [0.1, 0.15) is 11.3 Å². The van der Waals surface area contributed by atoms with Crippen LogP contribution in [0.4, 0.5) is 0 Å². The van der Waals surface area contributed by atoms with E-state index in [9.17, 15) is 9.59 Å². The summed E-state index contributed by atoms with van der Waals surface area (Å²) in [5.41, 5.74) is 0.565. The maximum atomic E-state index is 13.1. The molecule has 1 aromatic carbocycles. The summed E-state index contributed by atoms with van der Waals surface area (Å²) in [7, 11) is 0. The SMILES string of the molecule is Cc1cc(=O)oc2cc(OC(=O)C34C[C@@H]5C[C@@H](CC(Br)(C5)C3)C4)ccc12. The number of benzene rings is 1. The molecule has 1 aromatic heterocycles. The molecule has 0 spiro atoms. The van der Waals surface area contributed by atoms with Crippen LogP contribution < -0.4 is 10.4 Å². The second-order valence-corrected chi connectivity index (χ2v) is 10.4. The lowest BCUT2D eigenvalue weighted by atomic mass is 9.49. The number of hydrogen-bond donors (Lipinski definition) is 0. The summed E-state index contributed by atoms with van der Waals surface area (Å²) in [5.74, 6) is 1.58. The zero-order valence-electron chi connectivity index (χ0n) is 14.7. The van der Waals surface area contributed by atoms with Crippen LogP contribution in [-0.2, 0) is 4.79 Å². The minimum Gasteiger partial charge on any atom is -0.426 e. The Morgan fingerprint density at radius 1 is 1.19 bits per heavy atom. The van der Waals surface area contributed by atoms with Crippen molar-refractivity contribution in [1.29, 1.82) is 0 Å². The van der Waals surface area contributed by atoms with E-state index in [1.165, 1.54) is 25.3 Å². The standard InChI is InChI=1S/C21H21BrO4/c1-12-4-18(23)26-17-6-15(2-3-16(12)17)25-19(24)20-7-13-5-14(8-20)10-21(22,9-13)11-20/h2-4,6,13-14H,5,7-11H2,1H3/t13-,14+,20?,21?. The number of esters is 1.